The highest BCUT2D eigenvalue weighted by Gasteiger charge is 2.38. The SMILES string of the molecule is CC(=O)NCc1ccc(NC(=O)N2c3nc(-c4cccc(C(F)(F)F)c4)ccc3N3CCCC2C3)cc1. The van der Waals surface area contributed by atoms with Gasteiger partial charge in [-0.05, 0) is 54.8 Å². The monoisotopic (exact) mass is 509 g/mol. The summed E-state index contributed by atoms with van der Waals surface area (Å²) in [6.45, 7) is 3.34. The molecule has 1 aromatic heterocycles. The van der Waals surface area contributed by atoms with Crippen molar-refractivity contribution < 1.29 is 22.8 Å². The van der Waals surface area contributed by atoms with Gasteiger partial charge in [-0.15, -0.1) is 0 Å². The van der Waals surface area contributed by atoms with Crippen molar-refractivity contribution in [3.63, 3.8) is 0 Å². The molecule has 10 heteroatoms. The highest BCUT2D eigenvalue weighted by molar-refractivity contribution is 6.04. The average molecular weight is 510 g/mol. The van der Waals surface area contributed by atoms with Crippen LogP contribution in [0, 0.1) is 0 Å². The Bertz CT molecular complexity index is 1330. The van der Waals surface area contributed by atoms with Gasteiger partial charge in [0.1, 0.15) is 0 Å². The molecule has 5 rings (SSSR count). The molecule has 1 atom stereocenters. The van der Waals surface area contributed by atoms with Gasteiger partial charge >= 0.3 is 12.2 Å². The van der Waals surface area contributed by atoms with Crippen molar-refractivity contribution in [2.75, 3.05) is 28.2 Å². The minimum atomic E-state index is -4.46. The Kier molecular flexibility index (Phi) is 6.49. The molecular formula is C27H26F3N5O2. The number of benzene rings is 2. The molecule has 37 heavy (non-hydrogen) atoms. The Labute approximate surface area is 212 Å². The van der Waals surface area contributed by atoms with Crippen LogP contribution < -0.4 is 20.4 Å². The Hall–Kier alpha value is -4.08. The third kappa shape index (κ3) is 5.23. The zero-order valence-corrected chi connectivity index (χ0v) is 20.2. The first-order valence-electron chi connectivity index (χ1n) is 12.1. The lowest BCUT2D eigenvalue weighted by Gasteiger charge is -2.45. The summed E-state index contributed by atoms with van der Waals surface area (Å²) < 4.78 is 39.9. The number of amides is 3. The second-order valence-corrected chi connectivity index (χ2v) is 9.27. The first kappa shape index (κ1) is 24.6. The molecule has 0 radical (unpaired) electrons. The lowest BCUT2D eigenvalue weighted by Crippen LogP contribution is -2.56. The fourth-order valence-corrected chi connectivity index (χ4v) is 4.82. The lowest BCUT2D eigenvalue weighted by molar-refractivity contribution is -0.137. The number of aromatic nitrogens is 1. The summed E-state index contributed by atoms with van der Waals surface area (Å²) in [6.07, 6.45) is -2.74. The number of anilines is 3. The summed E-state index contributed by atoms with van der Waals surface area (Å²) >= 11 is 0. The third-order valence-electron chi connectivity index (χ3n) is 6.64. The van der Waals surface area contributed by atoms with Gasteiger partial charge in [-0.2, -0.15) is 13.2 Å². The van der Waals surface area contributed by atoms with Crippen LogP contribution in [0.15, 0.2) is 60.7 Å². The van der Waals surface area contributed by atoms with Gasteiger partial charge in [-0.1, -0.05) is 24.3 Å². The maximum absolute atomic E-state index is 13.5. The van der Waals surface area contributed by atoms with Crippen molar-refractivity contribution in [2.24, 2.45) is 0 Å². The van der Waals surface area contributed by atoms with Crippen LogP contribution in [0.2, 0.25) is 0 Å². The second kappa shape index (κ2) is 9.76. The average Bonchev–Trinajstić information content (AvgIpc) is 2.88. The van der Waals surface area contributed by atoms with Crippen LogP contribution in [0.5, 0.6) is 0 Å². The Balaban J connectivity index is 1.44. The van der Waals surface area contributed by atoms with Gasteiger partial charge in [0.25, 0.3) is 0 Å². The number of pyridine rings is 1. The van der Waals surface area contributed by atoms with Gasteiger partial charge in [0.15, 0.2) is 5.82 Å². The van der Waals surface area contributed by atoms with Crippen LogP contribution in [-0.2, 0) is 17.5 Å². The van der Waals surface area contributed by atoms with Crippen LogP contribution in [-0.4, -0.2) is 36.1 Å². The number of fused-ring (bicyclic) bond motifs is 4. The number of halogens is 3. The van der Waals surface area contributed by atoms with Gasteiger partial charge in [0, 0.05) is 37.8 Å². The maximum Gasteiger partial charge on any atom is 0.416 e. The van der Waals surface area contributed by atoms with Crippen molar-refractivity contribution in [2.45, 2.75) is 38.5 Å². The predicted molar refractivity (Wildman–Crippen MR) is 135 cm³/mol. The van der Waals surface area contributed by atoms with Crippen LogP contribution in [0.1, 0.15) is 30.9 Å². The highest BCUT2D eigenvalue weighted by Crippen LogP contribution is 2.40. The zero-order valence-electron chi connectivity index (χ0n) is 20.2. The van der Waals surface area contributed by atoms with E-state index in [0.29, 0.717) is 35.9 Å². The second-order valence-electron chi connectivity index (χ2n) is 9.27. The van der Waals surface area contributed by atoms with E-state index in [0.717, 1.165) is 42.8 Å². The van der Waals surface area contributed by atoms with Gasteiger partial charge in [-0.3, -0.25) is 9.69 Å². The molecule has 3 aromatic rings. The Morgan fingerprint density at radius 1 is 1.08 bits per heavy atom. The van der Waals surface area contributed by atoms with Crippen LogP contribution in [0.4, 0.5) is 35.2 Å². The summed E-state index contributed by atoms with van der Waals surface area (Å²) in [5.41, 5.74) is 2.22. The number of nitrogens with zero attached hydrogens (tertiary/aromatic N) is 3. The molecule has 192 valence electrons. The van der Waals surface area contributed by atoms with Crippen molar-refractivity contribution in [1.29, 1.82) is 0 Å². The molecule has 3 amide bonds. The van der Waals surface area contributed by atoms with E-state index in [-0.39, 0.29) is 18.0 Å². The fourth-order valence-electron chi connectivity index (χ4n) is 4.82. The van der Waals surface area contributed by atoms with Crippen molar-refractivity contribution in [1.82, 2.24) is 10.3 Å². The zero-order chi connectivity index (χ0) is 26.2. The summed E-state index contributed by atoms with van der Waals surface area (Å²) in [7, 11) is 0. The highest BCUT2D eigenvalue weighted by atomic mass is 19.4. The summed E-state index contributed by atoms with van der Waals surface area (Å²) in [5.74, 6) is 0.310. The molecule has 0 spiro atoms. The fraction of sp³-hybridized carbons (Fsp3) is 0.296. The summed E-state index contributed by atoms with van der Waals surface area (Å²) in [4.78, 5) is 33.2. The number of rotatable bonds is 4. The molecule has 2 N–H and O–H groups in total. The normalized spacial score (nSPS) is 16.7. The van der Waals surface area contributed by atoms with Crippen LogP contribution in [0.3, 0.4) is 0 Å². The summed E-state index contributed by atoms with van der Waals surface area (Å²) in [5, 5.41) is 5.66. The summed E-state index contributed by atoms with van der Waals surface area (Å²) in [6, 6.07) is 15.3. The van der Waals surface area contributed by atoms with E-state index in [2.05, 4.69) is 15.5 Å². The third-order valence-corrected chi connectivity index (χ3v) is 6.64. The van der Waals surface area contributed by atoms with Crippen molar-refractivity contribution >= 4 is 29.1 Å². The van der Waals surface area contributed by atoms with Gasteiger partial charge in [0.05, 0.1) is 23.0 Å². The van der Waals surface area contributed by atoms with Crippen LogP contribution >= 0.6 is 0 Å². The standard InChI is InChI=1S/C27H26F3N5O2/c1-17(36)31-15-18-7-9-21(10-8-18)32-26(37)35-22-6-3-13-34(16-22)24-12-11-23(33-25(24)35)19-4-2-5-20(14-19)27(28,29)30/h2,4-5,7-12,14,22H,3,6,13,15-16H2,1H3,(H,31,36)(H,32,37). The molecule has 1 saturated heterocycles. The van der Waals surface area contributed by atoms with Gasteiger partial charge in [-0.25, -0.2) is 9.78 Å². The number of alkyl halides is 3. The minimum Gasteiger partial charge on any atom is -0.366 e. The molecule has 1 fully saturated rings. The van der Waals surface area contributed by atoms with E-state index < -0.39 is 11.7 Å². The molecule has 3 heterocycles. The smallest absolute Gasteiger partial charge is 0.366 e. The number of piperidine rings is 1. The molecule has 1 unspecified atom stereocenters. The lowest BCUT2D eigenvalue weighted by atomic mass is 9.99. The number of nitrogens with one attached hydrogen (secondary N) is 2. The van der Waals surface area contributed by atoms with E-state index in [1.54, 1.807) is 29.2 Å². The molecule has 2 aliphatic rings. The first-order valence-corrected chi connectivity index (χ1v) is 12.1. The Morgan fingerprint density at radius 3 is 2.59 bits per heavy atom. The van der Waals surface area contributed by atoms with Crippen molar-refractivity contribution in [3.05, 3.63) is 71.8 Å². The Morgan fingerprint density at radius 2 is 1.86 bits per heavy atom. The predicted octanol–water partition coefficient (Wildman–Crippen LogP) is 5.42. The maximum atomic E-state index is 13.5. The first-order chi connectivity index (χ1) is 17.7. The molecule has 2 bridgehead atoms. The molecule has 0 saturated carbocycles. The minimum absolute atomic E-state index is 0.107. The van der Waals surface area contributed by atoms with Gasteiger partial charge in [0.2, 0.25) is 5.91 Å². The molecule has 0 aliphatic carbocycles. The van der Waals surface area contributed by atoms with Crippen LogP contribution in [0.25, 0.3) is 11.3 Å². The van der Waals surface area contributed by atoms with E-state index in [9.17, 15) is 22.8 Å². The number of urea groups is 1. The number of carbonyl (C=O) groups is 2. The van der Waals surface area contributed by atoms with Crippen molar-refractivity contribution in [3.8, 4) is 11.3 Å². The van der Waals surface area contributed by atoms with E-state index >= 15 is 0 Å². The quantitative estimate of drug-likeness (QED) is 0.492. The number of hydrogen-bond acceptors (Lipinski definition) is 4. The topological polar surface area (TPSA) is 77.6 Å². The van der Waals surface area contributed by atoms with Gasteiger partial charge < -0.3 is 15.5 Å². The van der Waals surface area contributed by atoms with E-state index in [1.165, 1.54) is 13.0 Å². The van der Waals surface area contributed by atoms with E-state index in [1.807, 2.05) is 18.2 Å². The molecular weight excluding hydrogens is 483 g/mol. The largest absolute Gasteiger partial charge is 0.416 e. The number of hydrogen-bond donors (Lipinski definition) is 2. The molecule has 2 aromatic carbocycles. The van der Waals surface area contributed by atoms with E-state index in [4.69, 9.17) is 4.98 Å². The number of carbonyl (C=O) groups excluding carboxylic acids is 2. The molecule has 2 aliphatic heterocycles. The molecule has 7 nitrogen and oxygen atoms in total.